The molecule has 1 fully saturated rings. The molecular weight excluding hydrogens is 339 g/mol. The molecule has 4 rings (SSSR count). The van der Waals surface area contributed by atoms with Gasteiger partial charge in [-0.1, -0.05) is 13.8 Å². The SMILES string of the molecule is Cc1cc(-n2c(C(C)C)c([C@H]3C[C@@H](C#N)C3)c3cc(O)ccc32)ccc1F. The zero-order valence-electron chi connectivity index (χ0n) is 15.8. The number of aromatic hydroxyl groups is 1. The average molecular weight is 362 g/mol. The van der Waals surface area contributed by atoms with Gasteiger partial charge in [0, 0.05) is 22.7 Å². The molecule has 4 heteroatoms. The molecule has 1 N–H and O–H groups in total. The second-order valence-electron chi connectivity index (χ2n) is 7.92. The fraction of sp³-hybridized carbons (Fsp3) is 0.348. The number of nitrogens with zero attached hydrogens (tertiary/aromatic N) is 2. The Balaban J connectivity index is 2.02. The Morgan fingerprint density at radius 2 is 1.93 bits per heavy atom. The van der Waals surface area contributed by atoms with Crippen molar-refractivity contribution in [3.8, 4) is 17.5 Å². The van der Waals surface area contributed by atoms with E-state index in [1.54, 1.807) is 13.0 Å². The van der Waals surface area contributed by atoms with Crippen LogP contribution in [0.5, 0.6) is 5.75 Å². The number of phenolic OH excluding ortho intramolecular Hbond substituents is 1. The smallest absolute Gasteiger partial charge is 0.126 e. The maximum absolute atomic E-state index is 13.8. The van der Waals surface area contributed by atoms with Crippen molar-refractivity contribution in [1.82, 2.24) is 4.57 Å². The van der Waals surface area contributed by atoms with E-state index in [1.807, 2.05) is 24.3 Å². The van der Waals surface area contributed by atoms with Gasteiger partial charge in [-0.25, -0.2) is 4.39 Å². The Morgan fingerprint density at radius 3 is 2.56 bits per heavy atom. The van der Waals surface area contributed by atoms with E-state index in [0.29, 0.717) is 11.5 Å². The maximum atomic E-state index is 13.8. The number of rotatable bonds is 3. The summed E-state index contributed by atoms with van der Waals surface area (Å²) in [5.41, 5.74) is 4.96. The fourth-order valence-electron chi connectivity index (χ4n) is 4.33. The van der Waals surface area contributed by atoms with E-state index < -0.39 is 0 Å². The Labute approximate surface area is 158 Å². The Kier molecular flexibility index (Phi) is 4.19. The van der Waals surface area contributed by atoms with Crippen LogP contribution in [0.4, 0.5) is 4.39 Å². The van der Waals surface area contributed by atoms with Crippen molar-refractivity contribution in [3.63, 3.8) is 0 Å². The molecular formula is C23H23FN2O. The number of hydrogen-bond acceptors (Lipinski definition) is 2. The van der Waals surface area contributed by atoms with Gasteiger partial charge in [0.05, 0.1) is 11.6 Å². The second-order valence-corrected chi connectivity index (χ2v) is 7.92. The van der Waals surface area contributed by atoms with Crippen LogP contribution in [0.25, 0.3) is 16.6 Å². The van der Waals surface area contributed by atoms with Crippen LogP contribution >= 0.6 is 0 Å². The van der Waals surface area contributed by atoms with E-state index in [9.17, 15) is 14.8 Å². The van der Waals surface area contributed by atoms with Crippen molar-refractivity contribution in [2.45, 2.75) is 45.4 Å². The summed E-state index contributed by atoms with van der Waals surface area (Å²) in [5.74, 6) is 0.705. The Bertz CT molecular complexity index is 1070. The van der Waals surface area contributed by atoms with Crippen LogP contribution in [0.15, 0.2) is 36.4 Å². The molecule has 1 heterocycles. The zero-order chi connectivity index (χ0) is 19.3. The molecule has 1 aliphatic carbocycles. The molecule has 3 nitrogen and oxygen atoms in total. The van der Waals surface area contributed by atoms with Crippen molar-refractivity contribution >= 4 is 10.9 Å². The average Bonchev–Trinajstić information content (AvgIpc) is 2.91. The normalized spacial score (nSPS) is 19.3. The summed E-state index contributed by atoms with van der Waals surface area (Å²) >= 11 is 0. The maximum Gasteiger partial charge on any atom is 0.126 e. The van der Waals surface area contributed by atoms with Gasteiger partial charge in [-0.3, -0.25) is 0 Å². The molecule has 0 radical (unpaired) electrons. The molecule has 1 saturated carbocycles. The lowest BCUT2D eigenvalue weighted by atomic mass is 9.70. The number of nitriles is 1. The number of fused-ring (bicyclic) bond motifs is 1. The first-order chi connectivity index (χ1) is 12.9. The molecule has 0 spiro atoms. The Hall–Kier alpha value is -2.80. The van der Waals surface area contributed by atoms with Gasteiger partial charge >= 0.3 is 0 Å². The highest BCUT2D eigenvalue weighted by molar-refractivity contribution is 5.89. The molecule has 2 aromatic carbocycles. The molecule has 27 heavy (non-hydrogen) atoms. The molecule has 138 valence electrons. The molecule has 1 aromatic heterocycles. The van der Waals surface area contributed by atoms with Crippen molar-refractivity contribution in [3.05, 3.63) is 59.0 Å². The van der Waals surface area contributed by atoms with E-state index in [-0.39, 0.29) is 23.4 Å². The highest BCUT2D eigenvalue weighted by Crippen LogP contribution is 2.48. The summed E-state index contributed by atoms with van der Waals surface area (Å²) < 4.78 is 16.0. The van der Waals surface area contributed by atoms with Gasteiger partial charge < -0.3 is 9.67 Å². The second kappa shape index (κ2) is 6.42. The largest absolute Gasteiger partial charge is 0.508 e. The van der Waals surface area contributed by atoms with Gasteiger partial charge in [0.2, 0.25) is 0 Å². The molecule has 0 saturated heterocycles. The highest BCUT2D eigenvalue weighted by atomic mass is 19.1. The van der Waals surface area contributed by atoms with Crippen molar-refractivity contribution in [2.75, 3.05) is 0 Å². The summed E-state index contributed by atoms with van der Waals surface area (Å²) in [5, 5.41) is 20.3. The quantitative estimate of drug-likeness (QED) is 0.628. The predicted molar refractivity (Wildman–Crippen MR) is 105 cm³/mol. The fourth-order valence-corrected chi connectivity index (χ4v) is 4.33. The molecule has 0 bridgehead atoms. The van der Waals surface area contributed by atoms with Crippen LogP contribution in [-0.4, -0.2) is 9.67 Å². The van der Waals surface area contributed by atoms with Crippen LogP contribution in [0.1, 0.15) is 55.3 Å². The number of aryl methyl sites for hydroxylation is 1. The summed E-state index contributed by atoms with van der Waals surface area (Å²) in [7, 11) is 0. The van der Waals surface area contributed by atoms with Gasteiger partial charge in [-0.15, -0.1) is 0 Å². The molecule has 3 aromatic rings. The number of hydrogen-bond donors (Lipinski definition) is 1. The van der Waals surface area contributed by atoms with Gasteiger partial charge in [0.25, 0.3) is 0 Å². The molecule has 0 atom stereocenters. The van der Waals surface area contributed by atoms with Gasteiger partial charge in [0.15, 0.2) is 0 Å². The third-order valence-electron chi connectivity index (χ3n) is 5.70. The van der Waals surface area contributed by atoms with Crippen molar-refractivity contribution in [2.24, 2.45) is 5.92 Å². The summed E-state index contributed by atoms with van der Waals surface area (Å²) in [6.07, 6.45) is 1.71. The van der Waals surface area contributed by atoms with Gasteiger partial charge in [-0.2, -0.15) is 5.26 Å². The van der Waals surface area contributed by atoms with Crippen molar-refractivity contribution < 1.29 is 9.50 Å². The summed E-state index contributed by atoms with van der Waals surface area (Å²) in [4.78, 5) is 0. The first-order valence-corrected chi connectivity index (χ1v) is 9.44. The number of phenols is 1. The first-order valence-electron chi connectivity index (χ1n) is 9.44. The van der Waals surface area contributed by atoms with Crippen molar-refractivity contribution in [1.29, 1.82) is 5.26 Å². The monoisotopic (exact) mass is 362 g/mol. The highest BCUT2D eigenvalue weighted by Gasteiger charge is 2.35. The number of halogens is 1. The van der Waals surface area contributed by atoms with Crippen LogP contribution in [0.2, 0.25) is 0 Å². The third kappa shape index (κ3) is 2.78. The zero-order valence-corrected chi connectivity index (χ0v) is 15.8. The van der Waals surface area contributed by atoms with Gasteiger partial charge in [-0.05, 0) is 79.1 Å². The standard InChI is InChI=1S/C23H23FN2O/c1-13(2)23-22(16-9-15(10-16)12-25)19-11-18(27)5-7-21(19)26(23)17-4-6-20(24)14(3)8-17/h4-8,11,13,15-16,27H,9-10H2,1-3H3/t15-,16+. The van der Waals surface area contributed by atoms with E-state index in [0.717, 1.165) is 29.4 Å². The molecule has 0 amide bonds. The molecule has 0 unspecified atom stereocenters. The lowest BCUT2D eigenvalue weighted by molar-refractivity contribution is 0.330. The topological polar surface area (TPSA) is 49.0 Å². The number of benzene rings is 2. The van der Waals surface area contributed by atoms with E-state index in [4.69, 9.17) is 0 Å². The third-order valence-corrected chi connectivity index (χ3v) is 5.70. The molecule has 1 aliphatic rings. The minimum atomic E-state index is -0.213. The lowest BCUT2D eigenvalue weighted by Gasteiger charge is -2.32. The van der Waals surface area contributed by atoms with E-state index >= 15 is 0 Å². The summed E-state index contributed by atoms with van der Waals surface area (Å²) in [6, 6.07) is 13.0. The first kappa shape index (κ1) is 17.6. The van der Waals surface area contributed by atoms with Gasteiger partial charge in [0.1, 0.15) is 11.6 Å². The van der Waals surface area contributed by atoms with Crippen LogP contribution in [-0.2, 0) is 0 Å². The van der Waals surface area contributed by atoms with E-state index in [2.05, 4.69) is 24.5 Å². The Morgan fingerprint density at radius 1 is 1.19 bits per heavy atom. The van der Waals surface area contributed by atoms with Crippen LogP contribution in [0, 0.1) is 30.0 Å². The van der Waals surface area contributed by atoms with Crippen LogP contribution in [0.3, 0.4) is 0 Å². The minimum absolute atomic E-state index is 0.110. The summed E-state index contributed by atoms with van der Waals surface area (Å²) in [6.45, 7) is 6.09. The molecule has 0 aliphatic heterocycles. The predicted octanol–water partition coefficient (Wildman–Crippen LogP) is 5.92. The lowest BCUT2D eigenvalue weighted by Crippen LogP contribution is -2.21. The van der Waals surface area contributed by atoms with Crippen LogP contribution < -0.4 is 0 Å². The van der Waals surface area contributed by atoms with E-state index in [1.165, 1.54) is 17.3 Å². The minimum Gasteiger partial charge on any atom is -0.508 e. The number of aromatic nitrogens is 1.